The van der Waals surface area contributed by atoms with E-state index in [-0.39, 0.29) is 18.4 Å². The molecule has 0 spiro atoms. The summed E-state index contributed by atoms with van der Waals surface area (Å²) in [4.78, 5) is 37.9. The molecule has 0 aliphatic heterocycles. The quantitative estimate of drug-likeness (QED) is 0.509. The Kier molecular flexibility index (Phi) is 5.59. The van der Waals surface area contributed by atoms with Crippen LogP contribution < -0.4 is 16.3 Å². The van der Waals surface area contributed by atoms with Gasteiger partial charge in [-0.3, -0.25) is 9.59 Å². The van der Waals surface area contributed by atoms with E-state index in [0.717, 1.165) is 27.1 Å². The highest BCUT2D eigenvalue weighted by atomic mass is 16.2. The summed E-state index contributed by atoms with van der Waals surface area (Å²) in [5.74, 6) is -0.701. The number of fused-ring (bicyclic) bond motifs is 1. The molecule has 0 atom stereocenters. The molecule has 0 aliphatic carbocycles. The van der Waals surface area contributed by atoms with Gasteiger partial charge in [0.15, 0.2) is 5.65 Å². The number of nitrogens with zero attached hydrogens (tertiary/aromatic N) is 3. The molecule has 4 rings (SSSR count). The van der Waals surface area contributed by atoms with Crippen LogP contribution >= 0.6 is 0 Å². The van der Waals surface area contributed by atoms with Crippen LogP contribution in [0.3, 0.4) is 0 Å². The smallest absolute Gasteiger partial charge is 0.324 e. The van der Waals surface area contributed by atoms with Crippen molar-refractivity contribution in [1.29, 1.82) is 0 Å². The Bertz CT molecular complexity index is 1360. The zero-order chi connectivity index (χ0) is 22.8. The van der Waals surface area contributed by atoms with Crippen molar-refractivity contribution in [3.8, 4) is 0 Å². The van der Waals surface area contributed by atoms with Crippen molar-refractivity contribution in [2.75, 3.05) is 10.6 Å². The molecule has 8 nitrogen and oxygen atoms in total. The summed E-state index contributed by atoms with van der Waals surface area (Å²) < 4.78 is 2.34. The number of carbonyl (C=O) groups is 2. The minimum atomic E-state index is -0.498. The Hall–Kier alpha value is -4.20. The van der Waals surface area contributed by atoms with Crippen LogP contribution in [-0.4, -0.2) is 26.0 Å². The Morgan fingerprint density at radius 2 is 1.59 bits per heavy atom. The van der Waals surface area contributed by atoms with Gasteiger partial charge in [0.2, 0.25) is 5.91 Å². The monoisotopic (exact) mass is 429 g/mol. The van der Waals surface area contributed by atoms with Gasteiger partial charge >= 0.3 is 5.69 Å². The Morgan fingerprint density at radius 3 is 2.28 bits per heavy atom. The van der Waals surface area contributed by atoms with Crippen LogP contribution in [0, 0.1) is 20.8 Å². The summed E-state index contributed by atoms with van der Waals surface area (Å²) in [6.45, 7) is 5.54. The number of aryl methyl sites for hydroxylation is 3. The SMILES string of the molecule is Cc1ccc(NC(=O)c2ccc3nn(CC(=O)Nc4c(C)cccc4C)c(=O)n3c2)cc1. The second kappa shape index (κ2) is 8.50. The van der Waals surface area contributed by atoms with Crippen LogP contribution in [0.2, 0.25) is 0 Å². The minimum Gasteiger partial charge on any atom is -0.324 e. The van der Waals surface area contributed by atoms with E-state index in [1.54, 1.807) is 12.1 Å². The third-order valence-electron chi connectivity index (χ3n) is 5.19. The Morgan fingerprint density at radius 1 is 0.906 bits per heavy atom. The highest BCUT2D eigenvalue weighted by Crippen LogP contribution is 2.19. The van der Waals surface area contributed by atoms with Crippen LogP contribution in [0.1, 0.15) is 27.0 Å². The summed E-state index contributed by atoms with van der Waals surface area (Å²) >= 11 is 0. The third-order valence-corrected chi connectivity index (χ3v) is 5.19. The molecule has 2 amide bonds. The van der Waals surface area contributed by atoms with Crippen molar-refractivity contribution in [2.45, 2.75) is 27.3 Å². The number of anilines is 2. The van der Waals surface area contributed by atoms with Gasteiger partial charge in [0.1, 0.15) is 6.54 Å². The van der Waals surface area contributed by atoms with Crippen LogP contribution in [0.25, 0.3) is 5.65 Å². The topological polar surface area (TPSA) is 97.5 Å². The van der Waals surface area contributed by atoms with E-state index in [1.807, 2.05) is 63.2 Å². The molecule has 2 aromatic carbocycles. The number of aromatic nitrogens is 3. The molecule has 32 heavy (non-hydrogen) atoms. The highest BCUT2D eigenvalue weighted by Gasteiger charge is 2.15. The maximum absolute atomic E-state index is 12.8. The number of para-hydroxylation sites is 1. The van der Waals surface area contributed by atoms with Crippen molar-refractivity contribution in [2.24, 2.45) is 0 Å². The van der Waals surface area contributed by atoms with Crippen molar-refractivity contribution >= 4 is 28.8 Å². The highest BCUT2D eigenvalue weighted by molar-refractivity contribution is 6.04. The second-order valence-electron chi connectivity index (χ2n) is 7.72. The number of nitrogens with one attached hydrogen (secondary N) is 2. The maximum Gasteiger partial charge on any atom is 0.350 e. The van der Waals surface area contributed by atoms with Crippen LogP contribution in [0.5, 0.6) is 0 Å². The first-order chi connectivity index (χ1) is 15.3. The third kappa shape index (κ3) is 4.29. The van der Waals surface area contributed by atoms with Gasteiger partial charge in [0.25, 0.3) is 5.91 Å². The fraction of sp³-hybridized carbons (Fsp3) is 0.167. The molecule has 0 unspecified atom stereocenters. The van der Waals surface area contributed by atoms with E-state index < -0.39 is 5.69 Å². The van der Waals surface area contributed by atoms with Gasteiger partial charge in [0.05, 0.1) is 5.56 Å². The lowest BCUT2D eigenvalue weighted by molar-refractivity contribution is -0.117. The van der Waals surface area contributed by atoms with E-state index in [1.165, 1.54) is 10.6 Å². The van der Waals surface area contributed by atoms with E-state index in [2.05, 4.69) is 15.7 Å². The number of hydrogen-bond donors (Lipinski definition) is 2. The molecule has 0 saturated carbocycles. The normalized spacial score (nSPS) is 10.8. The predicted octanol–water partition coefficient (Wildman–Crippen LogP) is 3.31. The lowest BCUT2D eigenvalue weighted by Gasteiger charge is -2.10. The molecule has 2 heterocycles. The lowest BCUT2D eigenvalue weighted by Crippen LogP contribution is -2.28. The Labute approximate surface area is 184 Å². The molecule has 0 aliphatic rings. The van der Waals surface area contributed by atoms with Crippen molar-refractivity contribution in [1.82, 2.24) is 14.2 Å². The molecule has 2 aromatic heterocycles. The number of benzene rings is 2. The van der Waals surface area contributed by atoms with Gasteiger partial charge in [-0.25, -0.2) is 13.9 Å². The number of hydrogen-bond acceptors (Lipinski definition) is 4. The Balaban J connectivity index is 1.54. The molecular weight excluding hydrogens is 406 g/mol. The molecule has 0 fully saturated rings. The largest absolute Gasteiger partial charge is 0.350 e. The van der Waals surface area contributed by atoms with Crippen LogP contribution in [0.4, 0.5) is 11.4 Å². The van der Waals surface area contributed by atoms with Gasteiger partial charge in [-0.1, -0.05) is 35.9 Å². The van der Waals surface area contributed by atoms with E-state index >= 15 is 0 Å². The minimum absolute atomic E-state index is 0.237. The van der Waals surface area contributed by atoms with Gasteiger partial charge in [-0.05, 0) is 56.2 Å². The predicted molar refractivity (Wildman–Crippen MR) is 123 cm³/mol. The first kappa shape index (κ1) is 21.0. The van der Waals surface area contributed by atoms with E-state index in [9.17, 15) is 14.4 Å². The number of rotatable bonds is 5. The fourth-order valence-corrected chi connectivity index (χ4v) is 3.42. The zero-order valence-corrected chi connectivity index (χ0v) is 18.0. The molecule has 4 aromatic rings. The molecule has 0 radical (unpaired) electrons. The van der Waals surface area contributed by atoms with E-state index in [0.29, 0.717) is 16.9 Å². The van der Waals surface area contributed by atoms with Gasteiger partial charge in [-0.2, -0.15) is 0 Å². The average molecular weight is 429 g/mol. The molecule has 162 valence electrons. The second-order valence-corrected chi connectivity index (χ2v) is 7.72. The van der Waals surface area contributed by atoms with Crippen molar-refractivity contribution in [3.05, 3.63) is 93.5 Å². The molecular formula is C24H23N5O3. The zero-order valence-electron chi connectivity index (χ0n) is 18.0. The number of amides is 2. The van der Waals surface area contributed by atoms with Crippen LogP contribution in [0.15, 0.2) is 65.6 Å². The molecule has 8 heteroatoms. The van der Waals surface area contributed by atoms with Crippen molar-refractivity contribution in [3.63, 3.8) is 0 Å². The average Bonchev–Trinajstić information content (AvgIpc) is 3.07. The first-order valence-electron chi connectivity index (χ1n) is 10.1. The summed E-state index contributed by atoms with van der Waals surface area (Å²) in [6, 6.07) is 16.3. The first-order valence-corrected chi connectivity index (χ1v) is 10.1. The van der Waals surface area contributed by atoms with E-state index in [4.69, 9.17) is 0 Å². The van der Waals surface area contributed by atoms with Gasteiger partial charge in [0, 0.05) is 17.6 Å². The summed E-state index contributed by atoms with van der Waals surface area (Å²) in [5.41, 5.74) is 4.50. The lowest BCUT2D eigenvalue weighted by atomic mass is 10.1. The maximum atomic E-state index is 12.8. The molecule has 0 bridgehead atoms. The summed E-state index contributed by atoms with van der Waals surface area (Å²) in [7, 11) is 0. The van der Waals surface area contributed by atoms with Crippen LogP contribution in [-0.2, 0) is 11.3 Å². The summed E-state index contributed by atoms with van der Waals surface area (Å²) in [5, 5.41) is 9.86. The molecule has 0 saturated heterocycles. The fourth-order valence-electron chi connectivity index (χ4n) is 3.42. The number of pyridine rings is 1. The summed E-state index contributed by atoms with van der Waals surface area (Å²) in [6.07, 6.45) is 1.42. The number of carbonyl (C=O) groups excluding carboxylic acids is 2. The van der Waals surface area contributed by atoms with Crippen molar-refractivity contribution < 1.29 is 9.59 Å². The van der Waals surface area contributed by atoms with Gasteiger partial charge < -0.3 is 10.6 Å². The standard InChI is InChI=1S/C24H23N5O3/c1-15-7-10-19(11-8-15)25-23(31)18-9-12-20-27-29(24(32)28(20)13-18)14-21(30)26-22-16(2)5-4-6-17(22)3/h4-13H,14H2,1-3H3,(H,25,31)(H,26,30). The molecule has 2 N–H and O–H groups in total. The van der Waals surface area contributed by atoms with Gasteiger partial charge in [-0.15, -0.1) is 5.10 Å².